The fourth-order valence-corrected chi connectivity index (χ4v) is 5.02. The van der Waals surface area contributed by atoms with Crippen molar-refractivity contribution in [3.63, 3.8) is 0 Å². The monoisotopic (exact) mass is 309 g/mol. The van der Waals surface area contributed by atoms with E-state index >= 15 is 0 Å². The van der Waals surface area contributed by atoms with Gasteiger partial charge in [-0.2, -0.15) is 4.31 Å². The van der Waals surface area contributed by atoms with Crippen LogP contribution in [0.25, 0.3) is 5.65 Å². The molecule has 0 unspecified atom stereocenters. The molecule has 114 valence electrons. The summed E-state index contributed by atoms with van der Waals surface area (Å²) in [7, 11) is -3.68. The van der Waals surface area contributed by atoms with Gasteiger partial charge in [-0.25, -0.2) is 19.2 Å². The zero-order valence-corrected chi connectivity index (χ0v) is 12.9. The minimum absolute atomic E-state index is 0.0931. The fourth-order valence-electron chi connectivity index (χ4n) is 2.95. The lowest BCUT2D eigenvalue weighted by molar-refractivity contribution is 0.291. The van der Waals surface area contributed by atoms with Gasteiger partial charge in [-0.1, -0.05) is 6.07 Å². The van der Waals surface area contributed by atoms with Gasteiger partial charge in [0.1, 0.15) is 5.65 Å². The number of nitrogens with one attached hydrogen (secondary N) is 1. The van der Waals surface area contributed by atoms with Gasteiger partial charge in [-0.05, 0) is 38.8 Å². The number of hydrogen-bond donors (Lipinski definition) is 2. The number of hydrogen-bond acceptors (Lipinski definition) is 5. The third-order valence-corrected chi connectivity index (χ3v) is 6.12. The van der Waals surface area contributed by atoms with Crippen LogP contribution in [0.1, 0.15) is 26.7 Å². The van der Waals surface area contributed by atoms with Crippen LogP contribution in [0.5, 0.6) is 0 Å². The molecule has 3 rings (SSSR count). The molecule has 7 nitrogen and oxygen atoms in total. The molecule has 21 heavy (non-hydrogen) atoms. The standard InChI is InChI=1S/C13H19N5O2S/c1-13(2)7-5-9-18(13)21(19,20)12-11(16-14)15-10-6-3-4-8-17(10)12/h3-4,6,8,16H,5,7,9,14H2,1-2H3. The number of nitrogen functional groups attached to an aromatic ring is 1. The highest BCUT2D eigenvalue weighted by Gasteiger charge is 2.43. The van der Waals surface area contributed by atoms with Crippen molar-refractivity contribution in [1.29, 1.82) is 0 Å². The molecule has 0 bridgehead atoms. The van der Waals surface area contributed by atoms with Gasteiger partial charge in [0.15, 0.2) is 5.82 Å². The van der Waals surface area contributed by atoms with Gasteiger partial charge >= 0.3 is 0 Å². The lowest BCUT2D eigenvalue weighted by Crippen LogP contribution is -2.43. The normalized spacial score (nSPS) is 19.2. The summed E-state index contributed by atoms with van der Waals surface area (Å²) in [5.41, 5.74) is 2.55. The highest BCUT2D eigenvalue weighted by molar-refractivity contribution is 7.89. The van der Waals surface area contributed by atoms with E-state index < -0.39 is 15.6 Å². The number of rotatable bonds is 3. The topological polar surface area (TPSA) is 92.7 Å². The van der Waals surface area contributed by atoms with Crippen LogP contribution in [0.4, 0.5) is 5.82 Å². The second kappa shape index (κ2) is 4.69. The van der Waals surface area contributed by atoms with E-state index in [0.717, 1.165) is 12.8 Å². The average molecular weight is 309 g/mol. The molecule has 1 aliphatic heterocycles. The molecule has 2 aromatic heterocycles. The molecular weight excluding hydrogens is 290 g/mol. The van der Waals surface area contributed by atoms with E-state index in [1.807, 2.05) is 13.8 Å². The van der Waals surface area contributed by atoms with E-state index in [2.05, 4.69) is 10.4 Å². The number of pyridine rings is 1. The Morgan fingerprint density at radius 1 is 1.38 bits per heavy atom. The third-order valence-electron chi connectivity index (χ3n) is 3.98. The van der Waals surface area contributed by atoms with Crippen molar-refractivity contribution in [1.82, 2.24) is 13.7 Å². The Morgan fingerprint density at radius 3 is 2.76 bits per heavy atom. The maximum absolute atomic E-state index is 13.1. The molecule has 1 aliphatic rings. The van der Waals surface area contributed by atoms with Crippen LogP contribution in [0.2, 0.25) is 0 Å². The van der Waals surface area contributed by atoms with Crippen molar-refractivity contribution in [3.8, 4) is 0 Å². The van der Waals surface area contributed by atoms with Crippen LogP contribution in [0.15, 0.2) is 29.4 Å². The number of fused-ring (bicyclic) bond motifs is 1. The summed E-state index contributed by atoms with van der Waals surface area (Å²) in [6.07, 6.45) is 3.38. The number of sulfonamides is 1. The summed E-state index contributed by atoms with van der Waals surface area (Å²) in [5.74, 6) is 5.64. The molecule has 0 amide bonds. The van der Waals surface area contributed by atoms with E-state index in [4.69, 9.17) is 5.84 Å². The van der Waals surface area contributed by atoms with Gasteiger partial charge in [-0.15, -0.1) is 0 Å². The number of anilines is 1. The van der Waals surface area contributed by atoms with Crippen molar-refractivity contribution in [2.24, 2.45) is 5.84 Å². The van der Waals surface area contributed by atoms with E-state index in [1.54, 1.807) is 28.8 Å². The summed E-state index contributed by atoms with van der Waals surface area (Å²) in [4.78, 5) is 4.24. The van der Waals surface area contributed by atoms with Crippen LogP contribution >= 0.6 is 0 Å². The van der Waals surface area contributed by atoms with E-state index in [0.29, 0.717) is 12.2 Å². The first kappa shape index (κ1) is 14.3. The van der Waals surface area contributed by atoms with Gasteiger partial charge in [0.25, 0.3) is 10.0 Å². The molecule has 0 atom stereocenters. The maximum atomic E-state index is 13.1. The molecule has 0 aromatic carbocycles. The predicted molar refractivity (Wildman–Crippen MR) is 80.2 cm³/mol. The van der Waals surface area contributed by atoms with Crippen LogP contribution in [-0.4, -0.2) is 34.2 Å². The molecule has 0 aliphatic carbocycles. The molecule has 1 fully saturated rings. The van der Waals surface area contributed by atoms with E-state index in [1.165, 1.54) is 4.31 Å². The molecule has 3 heterocycles. The molecule has 0 spiro atoms. The molecule has 3 N–H and O–H groups in total. The summed E-state index contributed by atoms with van der Waals surface area (Å²) < 4.78 is 29.2. The van der Waals surface area contributed by atoms with Crippen molar-refractivity contribution in [2.75, 3.05) is 12.0 Å². The van der Waals surface area contributed by atoms with Crippen molar-refractivity contribution in [3.05, 3.63) is 24.4 Å². The van der Waals surface area contributed by atoms with Crippen LogP contribution in [-0.2, 0) is 10.0 Å². The van der Waals surface area contributed by atoms with Gasteiger partial charge in [0, 0.05) is 18.3 Å². The zero-order chi connectivity index (χ0) is 15.3. The van der Waals surface area contributed by atoms with Gasteiger partial charge in [0.2, 0.25) is 5.03 Å². The Hall–Kier alpha value is -1.64. The molecule has 8 heteroatoms. The van der Waals surface area contributed by atoms with Crippen LogP contribution in [0.3, 0.4) is 0 Å². The first-order valence-corrected chi connectivity index (χ1v) is 8.28. The van der Waals surface area contributed by atoms with Crippen LogP contribution in [0, 0.1) is 0 Å². The van der Waals surface area contributed by atoms with Crippen molar-refractivity contribution in [2.45, 2.75) is 37.3 Å². The van der Waals surface area contributed by atoms with E-state index in [9.17, 15) is 8.42 Å². The fraction of sp³-hybridized carbons (Fsp3) is 0.462. The minimum Gasteiger partial charge on any atom is -0.306 e. The molecule has 0 saturated carbocycles. The molecule has 2 aromatic rings. The summed E-state index contributed by atoms with van der Waals surface area (Å²) in [6.45, 7) is 4.39. The summed E-state index contributed by atoms with van der Waals surface area (Å²) in [5, 5.41) is 0.0931. The van der Waals surface area contributed by atoms with Gasteiger partial charge in [0.05, 0.1) is 0 Å². The summed E-state index contributed by atoms with van der Waals surface area (Å²) >= 11 is 0. The van der Waals surface area contributed by atoms with Gasteiger partial charge in [-0.3, -0.25) is 4.40 Å². The largest absolute Gasteiger partial charge is 0.306 e. The SMILES string of the molecule is CC1(C)CCCN1S(=O)(=O)c1c(NN)nc2ccccn12. The quantitative estimate of drug-likeness (QED) is 0.656. The Labute approximate surface area is 123 Å². The lowest BCUT2D eigenvalue weighted by atomic mass is 10.0. The van der Waals surface area contributed by atoms with Crippen molar-refractivity contribution >= 4 is 21.5 Å². The first-order chi connectivity index (χ1) is 9.88. The number of nitrogens with two attached hydrogens (primary N) is 1. The Balaban J connectivity index is 2.24. The smallest absolute Gasteiger partial charge is 0.263 e. The number of aromatic nitrogens is 2. The first-order valence-electron chi connectivity index (χ1n) is 6.84. The second-order valence-corrected chi connectivity index (χ2v) is 7.61. The third kappa shape index (κ3) is 2.10. The molecule has 0 radical (unpaired) electrons. The zero-order valence-electron chi connectivity index (χ0n) is 12.1. The number of nitrogens with zero attached hydrogens (tertiary/aromatic N) is 3. The average Bonchev–Trinajstić information content (AvgIpc) is 2.98. The number of imidazole rings is 1. The Kier molecular flexibility index (Phi) is 3.19. The molecule has 1 saturated heterocycles. The predicted octanol–water partition coefficient (Wildman–Crippen LogP) is 1.18. The number of hydrazine groups is 1. The summed E-state index contributed by atoms with van der Waals surface area (Å²) in [6, 6.07) is 5.32. The minimum atomic E-state index is -3.68. The van der Waals surface area contributed by atoms with Crippen molar-refractivity contribution < 1.29 is 8.42 Å². The highest BCUT2D eigenvalue weighted by Crippen LogP contribution is 2.36. The maximum Gasteiger partial charge on any atom is 0.263 e. The van der Waals surface area contributed by atoms with Crippen LogP contribution < -0.4 is 11.3 Å². The Bertz CT molecular complexity index is 781. The highest BCUT2D eigenvalue weighted by atomic mass is 32.2. The molecular formula is C13H19N5O2S. The van der Waals surface area contributed by atoms with Gasteiger partial charge < -0.3 is 5.43 Å². The Morgan fingerprint density at radius 2 is 2.14 bits per heavy atom. The van der Waals surface area contributed by atoms with E-state index in [-0.39, 0.29) is 10.8 Å². The second-order valence-electron chi connectivity index (χ2n) is 5.83. The lowest BCUT2D eigenvalue weighted by Gasteiger charge is -2.30.